The van der Waals surface area contributed by atoms with E-state index < -0.39 is 0 Å². The van der Waals surface area contributed by atoms with Crippen molar-refractivity contribution >= 4 is 43.1 Å². The Morgan fingerprint density at radius 3 is 1.50 bits per heavy atom. The monoisotopic (exact) mass is 326 g/mol. The van der Waals surface area contributed by atoms with Crippen molar-refractivity contribution in [1.82, 2.24) is 9.13 Å². The Morgan fingerprint density at radius 1 is 0.682 bits per heavy atom. The maximum absolute atomic E-state index is 4.47. The molecule has 0 aliphatic heterocycles. The van der Waals surface area contributed by atoms with Crippen LogP contribution < -0.4 is 9.60 Å². The van der Waals surface area contributed by atoms with Gasteiger partial charge in [-0.05, 0) is 24.3 Å². The van der Waals surface area contributed by atoms with Gasteiger partial charge in [0.2, 0.25) is 9.60 Å². The smallest absolute Gasteiger partial charge is 0.211 e. The summed E-state index contributed by atoms with van der Waals surface area (Å²) in [7, 11) is 4.05. The number of para-hydroxylation sites is 2. The molecule has 0 fully saturated rings. The number of hydrogen-bond acceptors (Lipinski definition) is 4. The predicted octanol–water partition coefficient (Wildman–Crippen LogP) is 3.21. The first kappa shape index (κ1) is 13.5. The molecule has 0 bridgehead atoms. The number of fused-ring (bicyclic) bond motifs is 2. The van der Waals surface area contributed by atoms with E-state index in [0.29, 0.717) is 0 Å². The highest BCUT2D eigenvalue weighted by Gasteiger charge is 2.02. The van der Waals surface area contributed by atoms with Gasteiger partial charge < -0.3 is 9.13 Å². The topological polar surface area (TPSA) is 34.6 Å². The van der Waals surface area contributed by atoms with Crippen molar-refractivity contribution in [3.8, 4) is 0 Å². The highest BCUT2D eigenvalue weighted by Crippen LogP contribution is 2.16. The fourth-order valence-corrected chi connectivity index (χ4v) is 4.38. The Morgan fingerprint density at radius 2 is 1.09 bits per heavy atom. The third-order valence-corrected chi connectivity index (χ3v) is 5.86. The SMILES string of the molecule is Cn1/c(=N\N=c2\sc3ccccc3n2C)sc2ccccc21. The Kier molecular flexibility index (Phi) is 3.20. The number of aromatic nitrogens is 2. The average Bonchev–Trinajstić information content (AvgIpc) is 3.04. The van der Waals surface area contributed by atoms with Crippen LogP contribution in [0.3, 0.4) is 0 Å². The van der Waals surface area contributed by atoms with Crippen molar-refractivity contribution in [2.24, 2.45) is 24.3 Å². The van der Waals surface area contributed by atoms with Gasteiger partial charge in [-0.1, -0.05) is 46.9 Å². The second-order valence-electron chi connectivity index (χ2n) is 5.02. The van der Waals surface area contributed by atoms with Crippen LogP contribution in [0.1, 0.15) is 0 Å². The van der Waals surface area contributed by atoms with Crippen LogP contribution in [0.2, 0.25) is 0 Å². The van der Waals surface area contributed by atoms with E-state index in [2.05, 4.69) is 43.6 Å². The first-order valence-corrected chi connectivity index (χ1v) is 8.54. The lowest BCUT2D eigenvalue weighted by atomic mass is 10.3. The molecule has 4 rings (SSSR count). The van der Waals surface area contributed by atoms with Crippen molar-refractivity contribution in [2.45, 2.75) is 0 Å². The summed E-state index contributed by atoms with van der Waals surface area (Å²) >= 11 is 3.31. The first-order chi connectivity index (χ1) is 10.7. The Bertz CT molecular complexity index is 1020. The van der Waals surface area contributed by atoms with E-state index in [1.807, 2.05) is 38.4 Å². The molecule has 0 aliphatic rings. The third kappa shape index (κ3) is 2.12. The summed E-state index contributed by atoms with van der Waals surface area (Å²) in [5, 5.41) is 8.93. The number of benzene rings is 2. The second-order valence-corrected chi connectivity index (χ2v) is 7.04. The van der Waals surface area contributed by atoms with E-state index in [9.17, 15) is 0 Å². The van der Waals surface area contributed by atoms with Crippen molar-refractivity contribution in [3.05, 3.63) is 58.1 Å². The van der Waals surface area contributed by atoms with Crippen LogP contribution in [0, 0.1) is 0 Å². The molecule has 2 heterocycles. The van der Waals surface area contributed by atoms with Gasteiger partial charge in [0.1, 0.15) is 0 Å². The summed E-state index contributed by atoms with van der Waals surface area (Å²) in [5.41, 5.74) is 2.37. The van der Waals surface area contributed by atoms with E-state index in [4.69, 9.17) is 0 Å². The van der Waals surface area contributed by atoms with Crippen LogP contribution in [-0.4, -0.2) is 9.13 Å². The van der Waals surface area contributed by atoms with Crippen molar-refractivity contribution < 1.29 is 0 Å². The molecule has 0 aliphatic carbocycles. The lowest BCUT2D eigenvalue weighted by Gasteiger charge is -1.93. The zero-order valence-electron chi connectivity index (χ0n) is 12.2. The van der Waals surface area contributed by atoms with E-state index in [-0.39, 0.29) is 0 Å². The van der Waals surface area contributed by atoms with Crippen LogP contribution in [-0.2, 0) is 14.1 Å². The van der Waals surface area contributed by atoms with E-state index in [1.54, 1.807) is 22.7 Å². The predicted molar refractivity (Wildman–Crippen MR) is 92.7 cm³/mol. The van der Waals surface area contributed by atoms with Crippen LogP contribution in [0.25, 0.3) is 20.4 Å². The summed E-state index contributed by atoms with van der Waals surface area (Å²) in [6.07, 6.45) is 0. The number of hydrogen-bond donors (Lipinski definition) is 0. The number of rotatable bonds is 1. The molecular formula is C16H14N4S2. The van der Waals surface area contributed by atoms with Crippen LogP contribution in [0.5, 0.6) is 0 Å². The molecule has 0 atom stereocenters. The molecule has 0 saturated heterocycles. The van der Waals surface area contributed by atoms with Gasteiger partial charge in [0.05, 0.1) is 20.4 Å². The summed E-state index contributed by atoms with van der Waals surface area (Å²) in [6, 6.07) is 16.6. The van der Waals surface area contributed by atoms with Crippen LogP contribution in [0.15, 0.2) is 58.7 Å². The van der Waals surface area contributed by atoms with Crippen LogP contribution in [0.4, 0.5) is 0 Å². The van der Waals surface area contributed by atoms with Crippen molar-refractivity contribution in [2.75, 3.05) is 0 Å². The fraction of sp³-hybridized carbons (Fsp3) is 0.125. The molecule has 0 spiro atoms. The number of nitrogens with zero attached hydrogens (tertiary/aromatic N) is 4. The molecule has 4 nitrogen and oxygen atoms in total. The zero-order chi connectivity index (χ0) is 15.1. The normalized spacial score (nSPS) is 13.5. The van der Waals surface area contributed by atoms with Gasteiger partial charge in [0.15, 0.2) is 0 Å². The minimum absolute atomic E-state index is 0.902. The molecule has 0 saturated carbocycles. The third-order valence-electron chi connectivity index (χ3n) is 3.65. The molecule has 0 radical (unpaired) electrons. The number of thiazole rings is 2. The van der Waals surface area contributed by atoms with E-state index >= 15 is 0 Å². The van der Waals surface area contributed by atoms with Crippen LogP contribution >= 0.6 is 22.7 Å². The second kappa shape index (κ2) is 5.23. The van der Waals surface area contributed by atoms with Gasteiger partial charge in [-0.2, -0.15) is 0 Å². The van der Waals surface area contributed by atoms with Gasteiger partial charge in [-0.3, -0.25) is 0 Å². The minimum atomic E-state index is 0.902. The molecule has 4 aromatic rings. The highest BCUT2D eigenvalue weighted by atomic mass is 32.1. The zero-order valence-corrected chi connectivity index (χ0v) is 13.9. The van der Waals surface area contributed by atoms with Crippen molar-refractivity contribution in [3.63, 3.8) is 0 Å². The lowest BCUT2D eigenvalue weighted by Crippen LogP contribution is -2.12. The molecule has 0 unspecified atom stereocenters. The Balaban J connectivity index is 1.94. The van der Waals surface area contributed by atoms with Gasteiger partial charge in [-0.25, -0.2) is 0 Å². The molecule has 0 amide bonds. The summed E-state index contributed by atoms with van der Waals surface area (Å²) in [5.74, 6) is 0. The fourth-order valence-electron chi connectivity index (χ4n) is 2.44. The standard InChI is InChI=1S/C16H14N4S2/c1-19-11-7-3-5-9-13(11)21-15(19)17-18-16-20(2)12-8-4-6-10-14(12)22-16/h3-10H,1-2H3/b17-15+,18-16+. The maximum atomic E-state index is 4.47. The number of aryl methyl sites for hydroxylation is 2. The summed E-state index contributed by atoms with van der Waals surface area (Å²) in [4.78, 5) is 1.80. The first-order valence-electron chi connectivity index (χ1n) is 6.91. The largest absolute Gasteiger partial charge is 0.318 e. The molecule has 6 heteroatoms. The Hall–Kier alpha value is -2.18. The van der Waals surface area contributed by atoms with Gasteiger partial charge >= 0.3 is 0 Å². The summed E-state index contributed by atoms with van der Waals surface area (Å²) in [6.45, 7) is 0. The van der Waals surface area contributed by atoms with Gasteiger partial charge in [-0.15, -0.1) is 10.2 Å². The minimum Gasteiger partial charge on any atom is -0.318 e. The van der Waals surface area contributed by atoms with E-state index in [1.165, 1.54) is 20.4 Å². The Labute approximate surface area is 134 Å². The van der Waals surface area contributed by atoms with Crippen molar-refractivity contribution in [1.29, 1.82) is 0 Å². The van der Waals surface area contributed by atoms with Gasteiger partial charge in [0.25, 0.3) is 0 Å². The lowest BCUT2D eigenvalue weighted by molar-refractivity contribution is 0.845. The molecule has 22 heavy (non-hydrogen) atoms. The average molecular weight is 326 g/mol. The molecule has 0 N–H and O–H groups in total. The van der Waals surface area contributed by atoms with Gasteiger partial charge in [0, 0.05) is 14.1 Å². The highest BCUT2D eigenvalue weighted by molar-refractivity contribution is 7.16. The maximum Gasteiger partial charge on any atom is 0.211 e. The molecule has 110 valence electrons. The molecule has 2 aromatic heterocycles. The molecular weight excluding hydrogens is 312 g/mol. The van der Waals surface area contributed by atoms with E-state index in [0.717, 1.165) is 9.60 Å². The molecule has 2 aromatic carbocycles. The summed E-state index contributed by atoms with van der Waals surface area (Å²) < 4.78 is 6.60. The quantitative estimate of drug-likeness (QED) is 0.482.